The second-order valence-corrected chi connectivity index (χ2v) is 5.08. The third-order valence-electron chi connectivity index (χ3n) is 3.39. The average molecular weight is 279 g/mol. The van der Waals surface area contributed by atoms with Crippen molar-refractivity contribution in [2.75, 3.05) is 13.2 Å². The number of benzene rings is 1. The van der Waals surface area contributed by atoms with Gasteiger partial charge in [0.2, 0.25) is 0 Å². The number of aliphatic carboxylic acids is 1. The van der Waals surface area contributed by atoms with Gasteiger partial charge in [-0.3, -0.25) is 9.69 Å². The molecule has 1 aliphatic rings. The van der Waals surface area contributed by atoms with Gasteiger partial charge in [-0.2, -0.15) is 0 Å². The molecule has 2 rings (SSSR count). The van der Waals surface area contributed by atoms with E-state index >= 15 is 0 Å². The SMILES string of the molecule is CCOc1cc(CN(CCC(=O)O)C2CC2)ccc1O. The van der Waals surface area contributed by atoms with E-state index in [0.29, 0.717) is 31.5 Å². The summed E-state index contributed by atoms with van der Waals surface area (Å²) < 4.78 is 5.37. The summed E-state index contributed by atoms with van der Waals surface area (Å²) >= 11 is 0. The molecule has 1 fully saturated rings. The molecule has 0 spiro atoms. The Hall–Kier alpha value is -1.75. The molecule has 0 radical (unpaired) electrons. The Morgan fingerprint density at radius 3 is 2.80 bits per heavy atom. The number of hydrogen-bond donors (Lipinski definition) is 2. The summed E-state index contributed by atoms with van der Waals surface area (Å²) in [6.45, 7) is 3.63. The molecule has 1 saturated carbocycles. The van der Waals surface area contributed by atoms with E-state index in [4.69, 9.17) is 9.84 Å². The number of nitrogens with zero attached hydrogens (tertiary/aromatic N) is 1. The Bertz CT molecular complexity index is 471. The van der Waals surface area contributed by atoms with Crippen molar-refractivity contribution >= 4 is 5.97 Å². The zero-order chi connectivity index (χ0) is 14.5. The highest BCUT2D eigenvalue weighted by molar-refractivity contribution is 5.66. The summed E-state index contributed by atoms with van der Waals surface area (Å²) in [7, 11) is 0. The smallest absolute Gasteiger partial charge is 0.304 e. The van der Waals surface area contributed by atoms with Gasteiger partial charge < -0.3 is 14.9 Å². The van der Waals surface area contributed by atoms with Gasteiger partial charge in [0, 0.05) is 19.1 Å². The number of carboxylic acids is 1. The molecule has 0 bridgehead atoms. The van der Waals surface area contributed by atoms with Gasteiger partial charge in [-0.25, -0.2) is 0 Å². The fourth-order valence-corrected chi connectivity index (χ4v) is 2.23. The van der Waals surface area contributed by atoms with E-state index in [1.165, 1.54) is 0 Å². The second kappa shape index (κ2) is 6.61. The molecule has 0 amide bonds. The molecule has 5 heteroatoms. The summed E-state index contributed by atoms with van der Waals surface area (Å²) in [5.74, 6) is -0.144. The predicted octanol–water partition coefficient (Wildman–Crippen LogP) is 2.23. The van der Waals surface area contributed by atoms with Crippen LogP contribution in [0.2, 0.25) is 0 Å². The molecule has 1 aromatic rings. The molecular weight excluding hydrogens is 258 g/mol. The zero-order valence-corrected chi connectivity index (χ0v) is 11.7. The lowest BCUT2D eigenvalue weighted by atomic mass is 10.1. The Labute approximate surface area is 118 Å². The van der Waals surface area contributed by atoms with Gasteiger partial charge in [0.1, 0.15) is 0 Å². The summed E-state index contributed by atoms with van der Waals surface area (Å²) in [6, 6.07) is 5.81. The normalized spacial score (nSPS) is 14.5. The third-order valence-corrected chi connectivity index (χ3v) is 3.39. The number of phenolic OH excluding ortho intramolecular Hbond substituents is 1. The van der Waals surface area contributed by atoms with Crippen LogP contribution in [0, 0.1) is 0 Å². The number of hydrogen-bond acceptors (Lipinski definition) is 4. The lowest BCUT2D eigenvalue weighted by Crippen LogP contribution is -2.28. The lowest BCUT2D eigenvalue weighted by Gasteiger charge is -2.21. The molecule has 2 N–H and O–H groups in total. The van der Waals surface area contributed by atoms with Crippen LogP contribution in [0.5, 0.6) is 11.5 Å². The van der Waals surface area contributed by atoms with Gasteiger partial charge in [-0.15, -0.1) is 0 Å². The van der Waals surface area contributed by atoms with Gasteiger partial charge in [0.25, 0.3) is 0 Å². The van der Waals surface area contributed by atoms with Gasteiger partial charge in [0.05, 0.1) is 13.0 Å². The minimum Gasteiger partial charge on any atom is -0.504 e. The topological polar surface area (TPSA) is 70.0 Å². The molecule has 110 valence electrons. The Morgan fingerprint density at radius 1 is 1.45 bits per heavy atom. The van der Waals surface area contributed by atoms with Crippen LogP contribution < -0.4 is 4.74 Å². The summed E-state index contributed by atoms with van der Waals surface area (Å²) in [5.41, 5.74) is 1.03. The number of aromatic hydroxyl groups is 1. The average Bonchev–Trinajstić information content (AvgIpc) is 3.22. The Morgan fingerprint density at radius 2 is 2.20 bits per heavy atom. The molecule has 1 aliphatic carbocycles. The summed E-state index contributed by atoms with van der Waals surface area (Å²) in [6.07, 6.45) is 2.43. The third kappa shape index (κ3) is 4.13. The number of phenols is 1. The van der Waals surface area contributed by atoms with Gasteiger partial charge >= 0.3 is 5.97 Å². The quantitative estimate of drug-likeness (QED) is 0.763. The van der Waals surface area contributed by atoms with Gasteiger partial charge in [-0.1, -0.05) is 6.07 Å². The highest BCUT2D eigenvalue weighted by atomic mass is 16.5. The Balaban J connectivity index is 2.02. The van der Waals surface area contributed by atoms with Crippen molar-refractivity contribution in [3.05, 3.63) is 23.8 Å². The minimum absolute atomic E-state index is 0.138. The minimum atomic E-state index is -0.767. The van der Waals surface area contributed by atoms with Crippen LogP contribution in [0.4, 0.5) is 0 Å². The number of ether oxygens (including phenoxy) is 1. The van der Waals surface area contributed by atoms with Crippen molar-refractivity contribution < 1.29 is 19.7 Å². The molecule has 1 aromatic carbocycles. The standard InChI is InChI=1S/C15H21NO4/c1-2-20-14-9-11(3-6-13(14)17)10-16(12-4-5-12)8-7-15(18)19/h3,6,9,12,17H,2,4-5,7-8,10H2,1H3,(H,18,19). The fraction of sp³-hybridized carbons (Fsp3) is 0.533. The van der Waals surface area contributed by atoms with E-state index in [0.717, 1.165) is 18.4 Å². The van der Waals surface area contributed by atoms with E-state index in [9.17, 15) is 9.90 Å². The summed E-state index contributed by atoms with van der Waals surface area (Å²) in [5, 5.41) is 18.5. The van der Waals surface area contributed by atoms with Crippen molar-refractivity contribution in [1.29, 1.82) is 0 Å². The zero-order valence-electron chi connectivity index (χ0n) is 11.7. The number of rotatable bonds is 8. The van der Waals surface area contributed by atoms with Crippen molar-refractivity contribution in [3.63, 3.8) is 0 Å². The first-order valence-electron chi connectivity index (χ1n) is 7.00. The lowest BCUT2D eigenvalue weighted by molar-refractivity contribution is -0.137. The first-order valence-corrected chi connectivity index (χ1v) is 7.00. The van der Waals surface area contributed by atoms with Crippen molar-refractivity contribution in [3.8, 4) is 11.5 Å². The maximum Gasteiger partial charge on any atom is 0.304 e. The van der Waals surface area contributed by atoms with Crippen LogP contribution in [0.25, 0.3) is 0 Å². The first kappa shape index (κ1) is 14.7. The Kier molecular flexibility index (Phi) is 4.84. The molecular formula is C15H21NO4. The second-order valence-electron chi connectivity index (χ2n) is 5.08. The largest absolute Gasteiger partial charge is 0.504 e. The number of carboxylic acid groups (broad SMARTS) is 1. The fourth-order valence-electron chi connectivity index (χ4n) is 2.23. The molecule has 0 unspecified atom stereocenters. The van der Waals surface area contributed by atoms with Crippen molar-refractivity contribution in [2.24, 2.45) is 0 Å². The molecule has 0 aromatic heterocycles. The van der Waals surface area contributed by atoms with Crippen molar-refractivity contribution in [1.82, 2.24) is 4.90 Å². The van der Waals surface area contributed by atoms with E-state index in [1.54, 1.807) is 6.07 Å². The summed E-state index contributed by atoms with van der Waals surface area (Å²) in [4.78, 5) is 12.9. The van der Waals surface area contributed by atoms with Gasteiger partial charge in [0.15, 0.2) is 11.5 Å². The molecule has 0 saturated heterocycles. The highest BCUT2D eigenvalue weighted by Crippen LogP contribution is 2.31. The monoisotopic (exact) mass is 279 g/mol. The van der Waals surface area contributed by atoms with E-state index < -0.39 is 5.97 Å². The maximum absolute atomic E-state index is 10.7. The first-order chi connectivity index (χ1) is 9.60. The van der Waals surface area contributed by atoms with Crippen LogP contribution in [-0.4, -0.2) is 40.3 Å². The van der Waals surface area contributed by atoms with E-state index in [2.05, 4.69) is 4.90 Å². The van der Waals surface area contributed by atoms with Crippen LogP contribution in [0.3, 0.4) is 0 Å². The van der Waals surface area contributed by atoms with Crippen LogP contribution in [0.1, 0.15) is 31.7 Å². The van der Waals surface area contributed by atoms with Crippen LogP contribution >= 0.6 is 0 Å². The van der Waals surface area contributed by atoms with Crippen LogP contribution in [0.15, 0.2) is 18.2 Å². The molecule has 0 atom stereocenters. The predicted molar refractivity (Wildman–Crippen MR) is 75.0 cm³/mol. The van der Waals surface area contributed by atoms with E-state index in [1.807, 2.05) is 19.1 Å². The van der Waals surface area contributed by atoms with Crippen LogP contribution in [-0.2, 0) is 11.3 Å². The van der Waals surface area contributed by atoms with E-state index in [-0.39, 0.29) is 12.2 Å². The van der Waals surface area contributed by atoms with Gasteiger partial charge in [-0.05, 0) is 37.5 Å². The molecule has 5 nitrogen and oxygen atoms in total. The highest BCUT2D eigenvalue weighted by Gasteiger charge is 2.29. The van der Waals surface area contributed by atoms with Crippen molar-refractivity contribution in [2.45, 2.75) is 38.8 Å². The molecule has 0 aliphatic heterocycles. The molecule has 0 heterocycles. The molecule has 20 heavy (non-hydrogen) atoms. The number of carbonyl (C=O) groups is 1. The maximum atomic E-state index is 10.7.